The van der Waals surface area contributed by atoms with Crippen LogP contribution in [0.4, 0.5) is 0 Å². The Balaban J connectivity index is 2.57. The average molecular weight is 356 g/mol. The van der Waals surface area contributed by atoms with Gasteiger partial charge in [-0.2, -0.15) is 0 Å². The van der Waals surface area contributed by atoms with Crippen molar-refractivity contribution in [2.45, 2.75) is 13.0 Å². The lowest BCUT2D eigenvalue weighted by atomic mass is 9.97. The number of halogens is 2. The first-order valence-corrected chi connectivity index (χ1v) is 7.29. The maximum Gasteiger partial charge on any atom is 0.124 e. The lowest BCUT2D eigenvalue weighted by Crippen LogP contribution is -2.29. The van der Waals surface area contributed by atoms with Crippen LogP contribution in [0.2, 0.25) is 5.02 Å². The molecule has 0 fully saturated rings. The van der Waals surface area contributed by atoms with Crippen LogP contribution >= 0.6 is 27.5 Å². The fraction of sp³-hybridized carbons (Fsp3) is 0.200. The number of hydrazine groups is 1. The van der Waals surface area contributed by atoms with Crippen LogP contribution in [0.15, 0.2) is 40.9 Å². The predicted molar refractivity (Wildman–Crippen MR) is 86.0 cm³/mol. The van der Waals surface area contributed by atoms with E-state index in [4.69, 9.17) is 22.2 Å². The van der Waals surface area contributed by atoms with Gasteiger partial charge in [0.25, 0.3) is 0 Å². The summed E-state index contributed by atoms with van der Waals surface area (Å²) in [6, 6.07) is 11.4. The first-order valence-electron chi connectivity index (χ1n) is 6.12. The van der Waals surface area contributed by atoms with E-state index in [1.54, 1.807) is 7.11 Å². The molecule has 5 heteroatoms. The van der Waals surface area contributed by atoms with Crippen molar-refractivity contribution in [2.75, 3.05) is 7.11 Å². The van der Waals surface area contributed by atoms with Crippen molar-refractivity contribution in [1.82, 2.24) is 5.43 Å². The first-order chi connectivity index (χ1) is 9.56. The predicted octanol–water partition coefficient (Wildman–Crippen LogP) is 3.97. The molecule has 0 saturated carbocycles. The van der Waals surface area contributed by atoms with Crippen molar-refractivity contribution in [1.29, 1.82) is 0 Å². The molecule has 1 unspecified atom stereocenters. The Morgan fingerprint density at radius 3 is 2.60 bits per heavy atom. The van der Waals surface area contributed by atoms with Gasteiger partial charge >= 0.3 is 0 Å². The van der Waals surface area contributed by atoms with Gasteiger partial charge in [-0.15, -0.1) is 0 Å². The second kappa shape index (κ2) is 6.59. The number of ether oxygens (including phenoxy) is 1. The van der Waals surface area contributed by atoms with Crippen LogP contribution in [0.3, 0.4) is 0 Å². The maximum absolute atomic E-state index is 6.09. The van der Waals surface area contributed by atoms with Crippen molar-refractivity contribution in [3.63, 3.8) is 0 Å². The highest BCUT2D eigenvalue weighted by Crippen LogP contribution is 2.35. The third-order valence-electron chi connectivity index (χ3n) is 3.13. The van der Waals surface area contributed by atoms with E-state index in [-0.39, 0.29) is 6.04 Å². The Kier molecular flexibility index (Phi) is 5.05. The third kappa shape index (κ3) is 3.15. The van der Waals surface area contributed by atoms with Gasteiger partial charge in [0.1, 0.15) is 5.75 Å². The van der Waals surface area contributed by atoms with Gasteiger partial charge in [0.2, 0.25) is 0 Å². The molecule has 1 atom stereocenters. The van der Waals surface area contributed by atoms with Crippen molar-refractivity contribution in [3.05, 3.63) is 62.6 Å². The Morgan fingerprint density at radius 1 is 1.20 bits per heavy atom. The third-order valence-corrected chi connectivity index (χ3v) is 4.09. The van der Waals surface area contributed by atoms with Crippen LogP contribution in [0.25, 0.3) is 0 Å². The number of nitrogens with two attached hydrogens (primary N) is 1. The molecule has 2 rings (SSSR count). The van der Waals surface area contributed by atoms with Gasteiger partial charge in [-0.25, -0.2) is 5.43 Å². The molecule has 0 spiro atoms. The molecule has 2 aromatic rings. The number of methoxy groups -OCH3 is 1. The van der Waals surface area contributed by atoms with Crippen LogP contribution in [-0.2, 0) is 0 Å². The number of rotatable bonds is 4. The molecule has 0 saturated heterocycles. The standard InChI is InChI=1S/C15H16BrClN2O/c1-9-3-6-14(20-2)12(7-9)15(19-18)11-8-10(17)4-5-13(11)16/h3-8,15,19H,18H2,1-2H3. The minimum absolute atomic E-state index is 0.210. The van der Waals surface area contributed by atoms with E-state index < -0.39 is 0 Å². The van der Waals surface area contributed by atoms with E-state index in [1.807, 2.05) is 37.3 Å². The van der Waals surface area contributed by atoms with Crippen molar-refractivity contribution < 1.29 is 4.74 Å². The highest BCUT2D eigenvalue weighted by atomic mass is 79.9. The molecule has 0 radical (unpaired) electrons. The molecular formula is C15H16BrClN2O. The normalized spacial score (nSPS) is 12.2. The Morgan fingerprint density at radius 2 is 1.95 bits per heavy atom. The Hall–Kier alpha value is -1.07. The lowest BCUT2D eigenvalue weighted by Gasteiger charge is -2.21. The molecule has 0 aliphatic carbocycles. The number of hydrogen-bond acceptors (Lipinski definition) is 3. The Bertz CT molecular complexity index is 619. The summed E-state index contributed by atoms with van der Waals surface area (Å²) in [6.07, 6.45) is 0. The minimum atomic E-state index is -0.210. The van der Waals surface area contributed by atoms with E-state index >= 15 is 0 Å². The molecule has 106 valence electrons. The van der Waals surface area contributed by atoms with E-state index in [1.165, 1.54) is 0 Å². The molecule has 0 heterocycles. The summed E-state index contributed by atoms with van der Waals surface area (Å²) >= 11 is 9.63. The molecule has 0 bridgehead atoms. The molecule has 0 aliphatic heterocycles. The summed E-state index contributed by atoms with van der Waals surface area (Å²) < 4.78 is 6.37. The summed E-state index contributed by atoms with van der Waals surface area (Å²) in [5.41, 5.74) is 5.91. The second-order valence-corrected chi connectivity index (χ2v) is 5.80. The van der Waals surface area contributed by atoms with Gasteiger partial charge < -0.3 is 4.74 Å². The molecular weight excluding hydrogens is 340 g/mol. The van der Waals surface area contributed by atoms with Crippen LogP contribution in [0.1, 0.15) is 22.7 Å². The first kappa shape index (κ1) is 15.3. The van der Waals surface area contributed by atoms with Gasteiger partial charge in [-0.1, -0.05) is 45.2 Å². The number of nitrogens with one attached hydrogen (secondary N) is 1. The second-order valence-electron chi connectivity index (χ2n) is 4.51. The summed E-state index contributed by atoms with van der Waals surface area (Å²) in [6.45, 7) is 2.03. The van der Waals surface area contributed by atoms with Gasteiger partial charge in [0.15, 0.2) is 0 Å². The fourth-order valence-corrected chi connectivity index (χ4v) is 2.82. The van der Waals surface area contributed by atoms with Crippen molar-refractivity contribution >= 4 is 27.5 Å². The van der Waals surface area contributed by atoms with Gasteiger partial charge in [-0.05, 0) is 36.8 Å². The maximum atomic E-state index is 6.09. The molecule has 3 N–H and O–H groups in total. The monoisotopic (exact) mass is 354 g/mol. The van der Waals surface area contributed by atoms with Crippen molar-refractivity contribution in [2.24, 2.45) is 5.84 Å². The van der Waals surface area contributed by atoms with Crippen molar-refractivity contribution in [3.8, 4) is 5.75 Å². The summed E-state index contributed by atoms with van der Waals surface area (Å²) in [5.74, 6) is 6.54. The number of aryl methyl sites for hydroxylation is 1. The zero-order valence-electron chi connectivity index (χ0n) is 11.3. The molecule has 20 heavy (non-hydrogen) atoms. The molecule has 3 nitrogen and oxygen atoms in total. The van der Waals surface area contributed by atoms with E-state index in [9.17, 15) is 0 Å². The van der Waals surface area contributed by atoms with Gasteiger partial charge in [0, 0.05) is 15.1 Å². The highest BCUT2D eigenvalue weighted by Gasteiger charge is 2.19. The van der Waals surface area contributed by atoms with E-state index in [0.717, 1.165) is 26.9 Å². The molecule has 2 aromatic carbocycles. The zero-order chi connectivity index (χ0) is 14.7. The number of benzene rings is 2. The fourth-order valence-electron chi connectivity index (χ4n) is 2.16. The van der Waals surface area contributed by atoms with Gasteiger partial charge in [-0.3, -0.25) is 5.84 Å². The number of hydrogen-bond donors (Lipinski definition) is 2. The van der Waals surface area contributed by atoms with Crippen LogP contribution < -0.4 is 16.0 Å². The molecule has 0 aromatic heterocycles. The van der Waals surface area contributed by atoms with Crippen LogP contribution in [-0.4, -0.2) is 7.11 Å². The van der Waals surface area contributed by atoms with Gasteiger partial charge in [0.05, 0.1) is 13.2 Å². The van der Waals surface area contributed by atoms with E-state index in [2.05, 4.69) is 27.4 Å². The highest BCUT2D eigenvalue weighted by molar-refractivity contribution is 9.10. The quantitative estimate of drug-likeness (QED) is 0.644. The van der Waals surface area contributed by atoms with Crippen LogP contribution in [0.5, 0.6) is 5.75 Å². The zero-order valence-corrected chi connectivity index (χ0v) is 13.6. The van der Waals surface area contributed by atoms with Crippen LogP contribution in [0, 0.1) is 6.92 Å². The Labute approximate surface area is 132 Å². The minimum Gasteiger partial charge on any atom is -0.496 e. The summed E-state index contributed by atoms with van der Waals surface area (Å²) in [4.78, 5) is 0. The SMILES string of the molecule is COc1ccc(C)cc1C(NN)c1cc(Cl)ccc1Br. The smallest absolute Gasteiger partial charge is 0.124 e. The van der Waals surface area contributed by atoms with E-state index in [0.29, 0.717) is 5.02 Å². The molecule has 0 aliphatic rings. The largest absolute Gasteiger partial charge is 0.496 e. The lowest BCUT2D eigenvalue weighted by molar-refractivity contribution is 0.404. The summed E-state index contributed by atoms with van der Waals surface area (Å²) in [7, 11) is 1.65. The molecule has 0 amide bonds. The summed E-state index contributed by atoms with van der Waals surface area (Å²) in [5, 5.41) is 0.662. The average Bonchev–Trinajstić information content (AvgIpc) is 2.44. The topological polar surface area (TPSA) is 47.3 Å².